The van der Waals surface area contributed by atoms with Gasteiger partial charge in [0, 0.05) is 20.0 Å². The highest BCUT2D eigenvalue weighted by atomic mass is 16.5. The number of ether oxygens (including phenoxy) is 1. The Balaban J connectivity index is 2.52. The topological polar surface area (TPSA) is 78.9 Å². The van der Waals surface area contributed by atoms with Gasteiger partial charge in [0.2, 0.25) is 5.91 Å². The van der Waals surface area contributed by atoms with Crippen LogP contribution < -0.4 is 5.32 Å². The van der Waals surface area contributed by atoms with E-state index >= 15 is 0 Å². The van der Waals surface area contributed by atoms with Gasteiger partial charge in [-0.2, -0.15) is 0 Å². The predicted molar refractivity (Wildman–Crippen MR) is 70.5 cm³/mol. The molecule has 1 fully saturated rings. The molecule has 1 amide bonds. The van der Waals surface area contributed by atoms with Crippen LogP contribution in [0.1, 0.15) is 32.6 Å². The van der Waals surface area contributed by atoms with Gasteiger partial charge < -0.3 is 20.1 Å². The molecule has 0 saturated heterocycles. The second-order valence-corrected chi connectivity index (χ2v) is 5.40. The fourth-order valence-electron chi connectivity index (χ4n) is 2.64. The minimum atomic E-state index is -0.697. The van der Waals surface area contributed by atoms with Gasteiger partial charge in [-0.25, -0.2) is 4.79 Å². The van der Waals surface area contributed by atoms with Crippen LogP contribution in [0.5, 0.6) is 0 Å². The summed E-state index contributed by atoms with van der Waals surface area (Å²) in [5, 5.41) is 12.9. The van der Waals surface area contributed by atoms with Crippen molar-refractivity contribution in [3.63, 3.8) is 0 Å². The van der Waals surface area contributed by atoms with Crippen LogP contribution in [0, 0.1) is 0 Å². The molecule has 2 N–H and O–H groups in total. The van der Waals surface area contributed by atoms with E-state index in [-0.39, 0.29) is 5.91 Å². The summed E-state index contributed by atoms with van der Waals surface area (Å²) in [4.78, 5) is 24.5. The maximum absolute atomic E-state index is 11.6. The number of aliphatic hydroxyl groups is 1. The molecule has 0 aromatic carbocycles. The number of hydrogen-bond donors (Lipinski definition) is 2. The quantitative estimate of drug-likeness (QED) is 0.660. The van der Waals surface area contributed by atoms with Crippen LogP contribution in [-0.4, -0.2) is 60.8 Å². The summed E-state index contributed by atoms with van der Waals surface area (Å²) in [5.41, 5.74) is -0.661. The maximum atomic E-state index is 11.6. The summed E-state index contributed by atoms with van der Waals surface area (Å²) in [7, 11) is 3.12. The number of esters is 1. The molecule has 0 spiro atoms. The zero-order chi connectivity index (χ0) is 14.5. The zero-order valence-corrected chi connectivity index (χ0v) is 11.9. The Morgan fingerprint density at radius 1 is 1.42 bits per heavy atom. The lowest BCUT2D eigenvalue weighted by Crippen LogP contribution is -2.50. The minimum Gasteiger partial charge on any atom is -0.467 e. The van der Waals surface area contributed by atoms with Crippen LogP contribution in [0.2, 0.25) is 0 Å². The van der Waals surface area contributed by atoms with E-state index in [1.165, 1.54) is 14.0 Å². The maximum Gasteiger partial charge on any atom is 0.329 e. The minimum absolute atomic E-state index is 0.275. The van der Waals surface area contributed by atoms with Gasteiger partial charge in [-0.15, -0.1) is 0 Å². The van der Waals surface area contributed by atoms with Gasteiger partial charge in [0.1, 0.15) is 6.04 Å². The third-order valence-corrected chi connectivity index (χ3v) is 3.46. The summed E-state index contributed by atoms with van der Waals surface area (Å²) in [6, 6.07) is -0.697. The first-order chi connectivity index (χ1) is 8.86. The van der Waals surface area contributed by atoms with E-state index in [9.17, 15) is 14.7 Å². The van der Waals surface area contributed by atoms with Crippen LogP contribution >= 0.6 is 0 Å². The molecule has 6 heteroatoms. The predicted octanol–water partition coefficient (Wildman–Crippen LogP) is -0.0990. The number of amides is 1. The fraction of sp³-hybridized carbons (Fsp3) is 0.846. The van der Waals surface area contributed by atoms with Crippen molar-refractivity contribution in [3.8, 4) is 0 Å². The molecular formula is C13H24N2O4. The molecule has 0 aromatic rings. The Morgan fingerprint density at radius 2 is 2.00 bits per heavy atom. The number of methoxy groups -OCH3 is 1. The number of carbonyl (C=O) groups excluding carboxylic acids is 2. The lowest BCUT2D eigenvalue weighted by Gasteiger charge is -2.30. The van der Waals surface area contributed by atoms with Crippen molar-refractivity contribution in [2.24, 2.45) is 0 Å². The third kappa shape index (κ3) is 5.16. The molecule has 110 valence electrons. The highest BCUT2D eigenvalue weighted by Gasteiger charge is 2.33. The molecule has 0 aliphatic heterocycles. The van der Waals surface area contributed by atoms with E-state index in [1.54, 1.807) is 0 Å². The Kier molecular flexibility index (Phi) is 5.75. The average molecular weight is 272 g/mol. The number of nitrogens with one attached hydrogen (secondary N) is 1. The van der Waals surface area contributed by atoms with E-state index in [2.05, 4.69) is 10.1 Å². The van der Waals surface area contributed by atoms with E-state index in [1.807, 2.05) is 11.9 Å². The molecule has 0 heterocycles. The fourth-order valence-corrected chi connectivity index (χ4v) is 2.64. The summed E-state index contributed by atoms with van der Waals surface area (Å²) in [6.07, 6.45) is 3.66. The van der Waals surface area contributed by atoms with Crippen LogP contribution in [-0.2, 0) is 14.3 Å². The molecule has 1 saturated carbocycles. The molecule has 0 aromatic heterocycles. The Hall–Kier alpha value is -1.14. The molecular weight excluding hydrogens is 248 g/mol. The average Bonchev–Trinajstić information content (AvgIpc) is 2.72. The number of hydrogen-bond acceptors (Lipinski definition) is 5. The van der Waals surface area contributed by atoms with Gasteiger partial charge in [0.25, 0.3) is 0 Å². The van der Waals surface area contributed by atoms with Gasteiger partial charge in [-0.05, 0) is 19.9 Å². The Morgan fingerprint density at radius 3 is 2.47 bits per heavy atom. The van der Waals surface area contributed by atoms with Crippen LogP contribution in [0.3, 0.4) is 0 Å². The smallest absolute Gasteiger partial charge is 0.329 e. The van der Waals surface area contributed by atoms with Gasteiger partial charge in [0.05, 0.1) is 12.7 Å². The van der Waals surface area contributed by atoms with E-state index in [0.29, 0.717) is 13.1 Å². The Labute approximate surface area is 114 Å². The molecule has 1 atom stereocenters. The van der Waals surface area contributed by atoms with Gasteiger partial charge in [-0.1, -0.05) is 12.8 Å². The monoisotopic (exact) mass is 272 g/mol. The summed E-state index contributed by atoms with van der Waals surface area (Å²) in [6.45, 7) is 2.19. The number of likely N-dealkylation sites (N-methyl/N-ethyl adjacent to an activating group) is 1. The molecule has 0 bridgehead atoms. The molecule has 1 rings (SSSR count). The van der Waals surface area contributed by atoms with Crippen molar-refractivity contribution in [3.05, 3.63) is 0 Å². The van der Waals surface area contributed by atoms with Crippen molar-refractivity contribution in [1.29, 1.82) is 0 Å². The van der Waals surface area contributed by atoms with Gasteiger partial charge in [0.15, 0.2) is 0 Å². The second kappa shape index (κ2) is 6.86. The number of carbonyl (C=O) groups is 2. The summed E-state index contributed by atoms with van der Waals surface area (Å²) >= 11 is 0. The van der Waals surface area contributed by atoms with Crippen molar-refractivity contribution in [2.75, 3.05) is 27.2 Å². The van der Waals surface area contributed by atoms with Crippen molar-refractivity contribution in [2.45, 2.75) is 44.2 Å². The number of rotatable bonds is 6. The molecule has 1 unspecified atom stereocenters. The molecule has 19 heavy (non-hydrogen) atoms. The summed E-state index contributed by atoms with van der Waals surface area (Å²) in [5.74, 6) is -0.746. The summed E-state index contributed by atoms with van der Waals surface area (Å²) < 4.78 is 4.67. The third-order valence-electron chi connectivity index (χ3n) is 3.46. The first kappa shape index (κ1) is 15.9. The molecule has 1 aliphatic rings. The van der Waals surface area contributed by atoms with Crippen LogP contribution in [0.25, 0.3) is 0 Å². The molecule has 1 aliphatic carbocycles. The van der Waals surface area contributed by atoms with Gasteiger partial charge >= 0.3 is 5.97 Å². The highest BCUT2D eigenvalue weighted by molar-refractivity contribution is 5.83. The lowest BCUT2D eigenvalue weighted by atomic mass is 10.0. The van der Waals surface area contributed by atoms with Crippen molar-refractivity contribution < 1.29 is 19.4 Å². The molecule has 6 nitrogen and oxygen atoms in total. The van der Waals surface area contributed by atoms with E-state index in [4.69, 9.17) is 0 Å². The zero-order valence-electron chi connectivity index (χ0n) is 11.9. The molecule has 0 radical (unpaired) electrons. The Bertz CT molecular complexity index is 327. The van der Waals surface area contributed by atoms with Crippen LogP contribution in [0.15, 0.2) is 0 Å². The standard InChI is InChI=1S/C13H24N2O4/c1-10(16)14-11(12(17)19-3)8-15(2)9-13(18)6-4-5-7-13/h11,18H,4-9H2,1-3H3,(H,14,16). The normalized spacial score (nSPS) is 19.2. The van der Waals surface area contributed by atoms with E-state index in [0.717, 1.165) is 25.7 Å². The van der Waals surface area contributed by atoms with Crippen molar-refractivity contribution >= 4 is 11.9 Å². The number of nitrogens with zero attached hydrogens (tertiary/aromatic N) is 1. The van der Waals surface area contributed by atoms with Gasteiger partial charge in [-0.3, -0.25) is 4.79 Å². The van der Waals surface area contributed by atoms with E-state index < -0.39 is 17.6 Å². The van der Waals surface area contributed by atoms with Crippen molar-refractivity contribution in [1.82, 2.24) is 10.2 Å². The first-order valence-corrected chi connectivity index (χ1v) is 6.62. The highest BCUT2D eigenvalue weighted by Crippen LogP contribution is 2.29. The second-order valence-electron chi connectivity index (χ2n) is 5.40. The lowest BCUT2D eigenvalue weighted by molar-refractivity contribution is -0.145. The SMILES string of the molecule is COC(=O)C(CN(C)CC1(O)CCCC1)NC(C)=O. The largest absolute Gasteiger partial charge is 0.467 e. The van der Waals surface area contributed by atoms with Crippen LogP contribution in [0.4, 0.5) is 0 Å². The first-order valence-electron chi connectivity index (χ1n) is 6.62.